The van der Waals surface area contributed by atoms with Gasteiger partial charge in [0, 0.05) is 24.1 Å². The summed E-state index contributed by atoms with van der Waals surface area (Å²) in [6, 6.07) is 8.62. The fraction of sp³-hybridized carbons (Fsp3) is 0.364. The number of benzene rings is 2. The Kier molecular flexibility index (Phi) is 4.14. The number of hydrogen-bond acceptors (Lipinski definition) is 3. The van der Waals surface area contributed by atoms with Crippen LogP contribution in [0.2, 0.25) is 0 Å². The maximum absolute atomic E-state index is 14.1. The van der Waals surface area contributed by atoms with E-state index in [0.29, 0.717) is 28.1 Å². The maximum atomic E-state index is 14.1. The van der Waals surface area contributed by atoms with E-state index in [1.165, 1.54) is 12.1 Å². The predicted molar refractivity (Wildman–Crippen MR) is 100 cm³/mol. The summed E-state index contributed by atoms with van der Waals surface area (Å²) in [7, 11) is 0. The zero-order valence-electron chi connectivity index (χ0n) is 15.3. The summed E-state index contributed by atoms with van der Waals surface area (Å²) in [6.45, 7) is 0.741. The number of likely N-dealkylation sites (tertiary alicyclic amines) is 1. The fourth-order valence-corrected chi connectivity index (χ4v) is 4.16. The van der Waals surface area contributed by atoms with Crippen molar-refractivity contribution in [3.05, 3.63) is 53.9 Å². The van der Waals surface area contributed by atoms with Crippen LogP contribution in [0.5, 0.6) is 0 Å². The van der Waals surface area contributed by atoms with Crippen LogP contribution in [0.15, 0.2) is 40.8 Å². The van der Waals surface area contributed by atoms with Gasteiger partial charge >= 0.3 is 0 Å². The highest BCUT2D eigenvalue weighted by atomic mass is 19.1. The van der Waals surface area contributed by atoms with Gasteiger partial charge in [-0.25, -0.2) is 13.8 Å². The van der Waals surface area contributed by atoms with Crippen LogP contribution in [-0.2, 0) is 4.79 Å². The van der Waals surface area contributed by atoms with Crippen molar-refractivity contribution < 1.29 is 18.0 Å². The topological polar surface area (TPSA) is 46.3 Å². The summed E-state index contributed by atoms with van der Waals surface area (Å²) < 4.78 is 33.2. The summed E-state index contributed by atoms with van der Waals surface area (Å²) in [6.07, 6.45) is 4.85. The second-order valence-corrected chi connectivity index (χ2v) is 7.68. The summed E-state index contributed by atoms with van der Waals surface area (Å²) in [5.74, 6) is -0.320. The molecule has 1 amide bonds. The van der Waals surface area contributed by atoms with Gasteiger partial charge in [-0.05, 0) is 55.5 Å². The van der Waals surface area contributed by atoms with Crippen molar-refractivity contribution in [3.8, 4) is 11.1 Å². The number of nitrogens with zero attached hydrogens (tertiary/aromatic N) is 2. The lowest BCUT2D eigenvalue weighted by Gasteiger charge is -2.31. The first kappa shape index (κ1) is 17.3. The molecule has 2 heterocycles. The van der Waals surface area contributed by atoms with Crippen LogP contribution in [0.4, 0.5) is 8.78 Å². The van der Waals surface area contributed by atoms with E-state index >= 15 is 0 Å². The molecule has 1 aromatic heterocycles. The Labute approximate surface area is 161 Å². The predicted octanol–water partition coefficient (Wildman–Crippen LogP) is 5.24. The highest BCUT2D eigenvalue weighted by molar-refractivity contribution is 5.82. The molecule has 0 radical (unpaired) electrons. The second-order valence-electron chi connectivity index (χ2n) is 7.68. The zero-order chi connectivity index (χ0) is 19.3. The number of oxazole rings is 1. The molecule has 28 heavy (non-hydrogen) atoms. The molecule has 1 aliphatic heterocycles. The van der Waals surface area contributed by atoms with Gasteiger partial charge in [0.05, 0.1) is 0 Å². The van der Waals surface area contributed by atoms with Gasteiger partial charge in [0.1, 0.15) is 23.2 Å². The zero-order valence-corrected chi connectivity index (χ0v) is 15.3. The standard InChI is InChI=1S/C22H20F2N2O2/c23-15-7-8-16(17(24)12-15)14-6-9-20-18(11-14)25-21(28-20)19-5-2-10-26(19)22(27)13-3-1-4-13/h6-9,11-13,19H,1-5,10H2. The lowest BCUT2D eigenvalue weighted by atomic mass is 9.84. The van der Waals surface area contributed by atoms with Crippen molar-refractivity contribution in [3.63, 3.8) is 0 Å². The number of aromatic nitrogens is 1. The molecule has 0 bridgehead atoms. The van der Waals surface area contributed by atoms with Crippen molar-refractivity contribution >= 4 is 17.0 Å². The van der Waals surface area contributed by atoms with Gasteiger partial charge < -0.3 is 9.32 Å². The first-order valence-electron chi connectivity index (χ1n) is 9.76. The normalized spacial score (nSPS) is 19.9. The van der Waals surface area contributed by atoms with E-state index < -0.39 is 11.6 Å². The van der Waals surface area contributed by atoms with Gasteiger partial charge in [-0.1, -0.05) is 12.5 Å². The molecule has 3 aromatic rings. The van der Waals surface area contributed by atoms with Crippen LogP contribution in [0, 0.1) is 17.6 Å². The van der Waals surface area contributed by atoms with E-state index in [-0.39, 0.29) is 17.9 Å². The average molecular weight is 382 g/mol. The first-order valence-corrected chi connectivity index (χ1v) is 9.76. The third-order valence-corrected chi connectivity index (χ3v) is 5.92. The Morgan fingerprint density at radius 2 is 1.93 bits per heavy atom. The van der Waals surface area contributed by atoms with Crippen molar-refractivity contribution in [2.45, 2.75) is 38.1 Å². The van der Waals surface area contributed by atoms with Gasteiger partial charge in [-0.3, -0.25) is 4.79 Å². The van der Waals surface area contributed by atoms with Gasteiger partial charge in [0.2, 0.25) is 11.8 Å². The Balaban J connectivity index is 1.47. The molecule has 1 unspecified atom stereocenters. The molecule has 2 fully saturated rings. The Hall–Kier alpha value is -2.76. The number of fused-ring (bicyclic) bond motifs is 1. The summed E-state index contributed by atoms with van der Waals surface area (Å²) in [5.41, 5.74) is 2.14. The maximum Gasteiger partial charge on any atom is 0.226 e. The van der Waals surface area contributed by atoms with Crippen LogP contribution >= 0.6 is 0 Å². The SMILES string of the molecule is O=C(C1CCC1)N1CCCC1c1nc2cc(-c3ccc(F)cc3F)ccc2o1. The van der Waals surface area contributed by atoms with Crippen LogP contribution in [0.1, 0.15) is 44.0 Å². The number of halogens is 2. The summed E-state index contributed by atoms with van der Waals surface area (Å²) in [5, 5.41) is 0. The smallest absolute Gasteiger partial charge is 0.226 e. The van der Waals surface area contributed by atoms with Crippen LogP contribution in [0.25, 0.3) is 22.2 Å². The number of carbonyl (C=O) groups is 1. The minimum atomic E-state index is -0.615. The summed E-state index contributed by atoms with van der Waals surface area (Å²) >= 11 is 0. The largest absolute Gasteiger partial charge is 0.438 e. The molecule has 2 aromatic carbocycles. The third kappa shape index (κ3) is 2.87. The molecule has 1 saturated carbocycles. The molecule has 1 saturated heterocycles. The Morgan fingerprint density at radius 3 is 2.68 bits per heavy atom. The van der Waals surface area contributed by atoms with Gasteiger partial charge in [-0.2, -0.15) is 0 Å². The Morgan fingerprint density at radius 1 is 1.07 bits per heavy atom. The molecule has 0 spiro atoms. The molecular formula is C22H20F2N2O2. The number of amides is 1. The number of carbonyl (C=O) groups excluding carboxylic acids is 1. The van der Waals surface area contributed by atoms with Crippen molar-refractivity contribution in [1.82, 2.24) is 9.88 Å². The minimum Gasteiger partial charge on any atom is -0.438 e. The molecule has 1 atom stereocenters. The molecule has 6 heteroatoms. The fourth-order valence-electron chi connectivity index (χ4n) is 4.16. The lowest BCUT2D eigenvalue weighted by molar-refractivity contribution is -0.139. The van der Waals surface area contributed by atoms with E-state index in [0.717, 1.165) is 44.7 Å². The quantitative estimate of drug-likeness (QED) is 0.623. The van der Waals surface area contributed by atoms with Gasteiger partial charge in [0.15, 0.2) is 5.58 Å². The highest BCUT2D eigenvalue weighted by Gasteiger charge is 2.38. The van der Waals surface area contributed by atoms with E-state index in [1.807, 2.05) is 4.90 Å². The molecule has 5 rings (SSSR count). The third-order valence-electron chi connectivity index (χ3n) is 5.92. The van der Waals surface area contributed by atoms with Crippen molar-refractivity contribution in [1.29, 1.82) is 0 Å². The molecule has 4 nitrogen and oxygen atoms in total. The van der Waals surface area contributed by atoms with Crippen molar-refractivity contribution in [2.75, 3.05) is 6.54 Å². The lowest BCUT2D eigenvalue weighted by Crippen LogP contribution is -2.38. The van der Waals surface area contributed by atoms with E-state index in [1.54, 1.807) is 18.2 Å². The van der Waals surface area contributed by atoms with Crippen molar-refractivity contribution in [2.24, 2.45) is 5.92 Å². The minimum absolute atomic E-state index is 0.133. The van der Waals surface area contributed by atoms with Crippen LogP contribution in [-0.4, -0.2) is 22.3 Å². The molecule has 2 aliphatic rings. The molecule has 144 valence electrons. The average Bonchev–Trinajstić information content (AvgIpc) is 3.26. The van der Waals surface area contributed by atoms with Gasteiger partial charge in [-0.15, -0.1) is 0 Å². The van der Waals surface area contributed by atoms with E-state index in [4.69, 9.17) is 4.42 Å². The van der Waals surface area contributed by atoms with Crippen LogP contribution in [0.3, 0.4) is 0 Å². The summed E-state index contributed by atoms with van der Waals surface area (Å²) in [4.78, 5) is 19.2. The molecule has 0 N–H and O–H groups in total. The van der Waals surface area contributed by atoms with E-state index in [2.05, 4.69) is 4.98 Å². The molecular weight excluding hydrogens is 362 g/mol. The van der Waals surface area contributed by atoms with Gasteiger partial charge in [0.25, 0.3) is 0 Å². The highest BCUT2D eigenvalue weighted by Crippen LogP contribution is 2.38. The molecule has 1 aliphatic carbocycles. The monoisotopic (exact) mass is 382 g/mol. The van der Waals surface area contributed by atoms with Crippen LogP contribution < -0.4 is 0 Å². The Bertz CT molecular complexity index is 1060. The first-order chi connectivity index (χ1) is 13.6. The number of rotatable bonds is 3. The second kappa shape index (κ2) is 6.69. The number of hydrogen-bond donors (Lipinski definition) is 0. The van der Waals surface area contributed by atoms with E-state index in [9.17, 15) is 13.6 Å².